The summed E-state index contributed by atoms with van der Waals surface area (Å²) < 4.78 is 1.60. The third-order valence-electron chi connectivity index (χ3n) is 2.31. The lowest BCUT2D eigenvalue weighted by molar-refractivity contribution is 0.300. The molecule has 2 aromatic rings. The van der Waals surface area contributed by atoms with E-state index in [9.17, 15) is 4.79 Å². The van der Waals surface area contributed by atoms with E-state index in [1.54, 1.807) is 4.40 Å². The molecule has 0 radical (unpaired) electrons. The molecule has 0 atom stereocenters. The lowest BCUT2D eigenvalue weighted by atomic mass is 10.3. The number of hydrogen-bond donors (Lipinski definition) is 1. The molecule has 2 aromatic heterocycles. The van der Waals surface area contributed by atoms with Gasteiger partial charge in [0.2, 0.25) is 0 Å². The van der Waals surface area contributed by atoms with Crippen LogP contribution in [0.4, 0.5) is 0 Å². The van der Waals surface area contributed by atoms with Crippen molar-refractivity contribution in [2.75, 3.05) is 6.61 Å². The van der Waals surface area contributed by atoms with E-state index in [-0.39, 0.29) is 12.2 Å². The highest BCUT2D eigenvalue weighted by Gasteiger charge is 2.10. The van der Waals surface area contributed by atoms with E-state index in [1.807, 2.05) is 13.8 Å². The summed E-state index contributed by atoms with van der Waals surface area (Å²) in [7, 11) is 0. The van der Waals surface area contributed by atoms with Gasteiger partial charge in [0.15, 0.2) is 4.96 Å². The Bertz CT molecular complexity index is 556. The lowest BCUT2D eigenvalue weighted by Crippen LogP contribution is -2.14. The van der Waals surface area contributed by atoms with Gasteiger partial charge in [0, 0.05) is 35.4 Å². The highest BCUT2D eigenvalue weighted by Crippen LogP contribution is 2.20. The number of nitrogens with zero attached hydrogens (tertiary/aromatic N) is 2. The standard InChI is InChI=1S/C10H12N2O2S/c1-6-5-9(14)12-7(2)8(3-4-13)15-10(12)11-6/h5,13H,3-4H2,1-2H3. The summed E-state index contributed by atoms with van der Waals surface area (Å²) in [5.74, 6) is 0. The van der Waals surface area contributed by atoms with Crippen LogP contribution in [0.1, 0.15) is 16.3 Å². The first-order valence-corrected chi connectivity index (χ1v) is 5.54. The molecule has 4 nitrogen and oxygen atoms in total. The van der Waals surface area contributed by atoms with E-state index >= 15 is 0 Å². The van der Waals surface area contributed by atoms with Crippen molar-refractivity contribution in [3.63, 3.8) is 0 Å². The SMILES string of the molecule is Cc1cc(=O)n2c(C)c(CCO)sc2n1. The topological polar surface area (TPSA) is 54.6 Å². The van der Waals surface area contributed by atoms with Crippen LogP contribution in [0.15, 0.2) is 10.9 Å². The Kier molecular flexibility index (Phi) is 2.58. The molecule has 0 unspecified atom stereocenters. The molecular weight excluding hydrogens is 212 g/mol. The average molecular weight is 224 g/mol. The number of aliphatic hydroxyl groups is 1. The summed E-state index contributed by atoms with van der Waals surface area (Å²) in [6, 6.07) is 1.52. The first-order chi connectivity index (χ1) is 7.13. The van der Waals surface area contributed by atoms with Crippen molar-refractivity contribution in [3.8, 4) is 0 Å². The van der Waals surface area contributed by atoms with Gasteiger partial charge >= 0.3 is 0 Å². The fraction of sp³-hybridized carbons (Fsp3) is 0.400. The van der Waals surface area contributed by atoms with Crippen LogP contribution in [0.25, 0.3) is 4.96 Å². The molecule has 2 heterocycles. The Morgan fingerprint density at radius 3 is 2.93 bits per heavy atom. The number of rotatable bonds is 2. The van der Waals surface area contributed by atoms with Gasteiger partial charge in [0.25, 0.3) is 5.56 Å². The molecule has 1 N–H and O–H groups in total. The fourth-order valence-electron chi connectivity index (χ4n) is 1.59. The second-order valence-electron chi connectivity index (χ2n) is 3.44. The first-order valence-electron chi connectivity index (χ1n) is 4.73. The van der Waals surface area contributed by atoms with Gasteiger partial charge in [0.1, 0.15) is 0 Å². The quantitative estimate of drug-likeness (QED) is 0.825. The summed E-state index contributed by atoms with van der Waals surface area (Å²) in [6.07, 6.45) is 0.582. The maximum Gasteiger partial charge on any atom is 0.258 e. The molecule has 80 valence electrons. The van der Waals surface area contributed by atoms with Crippen molar-refractivity contribution in [3.05, 3.63) is 32.7 Å². The second kappa shape index (κ2) is 3.75. The Balaban J connectivity index is 2.76. The van der Waals surface area contributed by atoms with Crippen LogP contribution >= 0.6 is 11.3 Å². The molecular formula is C10H12N2O2S. The van der Waals surface area contributed by atoms with Crippen LogP contribution < -0.4 is 5.56 Å². The molecule has 0 aromatic carbocycles. The van der Waals surface area contributed by atoms with Crippen molar-refractivity contribution in [1.29, 1.82) is 0 Å². The summed E-state index contributed by atoms with van der Waals surface area (Å²) >= 11 is 1.47. The number of aliphatic hydroxyl groups excluding tert-OH is 1. The number of hydrogen-bond acceptors (Lipinski definition) is 4. The molecule has 0 saturated carbocycles. The predicted molar refractivity (Wildman–Crippen MR) is 59.6 cm³/mol. The minimum Gasteiger partial charge on any atom is -0.396 e. The van der Waals surface area contributed by atoms with Gasteiger partial charge in [-0.05, 0) is 13.8 Å². The van der Waals surface area contributed by atoms with Gasteiger partial charge in [0.05, 0.1) is 0 Å². The molecule has 0 bridgehead atoms. The molecule has 0 fully saturated rings. The number of thiazole rings is 1. The van der Waals surface area contributed by atoms with Crippen LogP contribution in [0.5, 0.6) is 0 Å². The van der Waals surface area contributed by atoms with E-state index in [2.05, 4.69) is 4.98 Å². The zero-order valence-corrected chi connectivity index (χ0v) is 9.47. The van der Waals surface area contributed by atoms with Gasteiger partial charge in [-0.3, -0.25) is 9.20 Å². The van der Waals surface area contributed by atoms with Gasteiger partial charge in [-0.1, -0.05) is 0 Å². The molecule has 0 aliphatic rings. The van der Waals surface area contributed by atoms with Crippen molar-refractivity contribution >= 4 is 16.3 Å². The lowest BCUT2D eigenvalue weighted by Gasteiger charge is -1.96. The summed E-state index contributed by atoms with van der Waals surface area (Å²) in [4.78, 5) is 17.7. The van der Waals surface area contributed by atoms with Gasteiger partial charge in [-0.2, -0.15) is 0 Å². The average Bonchev–Trinajstić information content (AvgIpc) is 2.43. The maximum atomic E-state index is 11.7. The minimum atomic E-state index is -0.0459. The number of fused-ring (bicyclic) bond motifs is 1. The third-order valence-corrected chi connectivity index (χ3v) is 3.51. The zero-order valence-electron chi connectivity index (χ0n) is 8.65. The number of aryl methyl sites for hydroxylation is 2. The normalized spacial score (nSPS) is 11.1. The highest BCUT2D eigenvalue weighted by atomic mass is 32.1. The second-order valence-corrected chi connectivity index (χ2v) is 4.50. The first kappa shape index (κ1) is 10.3. The van der Waals surface area contributed by atoms with Gasteiger partial charge < -0.3 is 5.11 Å². The predicted octanol–water partition coefficient (Wildman–Crippen LogP) is 0.908. The van der Waals surface area contributed by atoms with Crippen molar-refractivity contribution < 1.29 is 5.11 Å². The Morgan fingerprint density at radius 1 is 1.53 bits per heavy atom. The molecule has 15 heavy (non-hydrogen) atoms. The van der Waals surface area contributed by atoms with E-state index in [1.165, 1.54) is 17.4 Å². The van der Waals surface area contributed by atoms with E-state index in [0.717, 1.165) is 16.3 Å². The molecule has 5 heteroatoms. The zero-order chi connectivity index (χ0) is 11.0. The monoisotopic (exact) mass is 224 g/mol. The summed E-state index contributed by atoms with van der Waals surface area (Å²) in [6.45, 7) is 3.79. The molecule has 0 amide bonds. The van der Waals surface area contributed by atoms with Crippen LogP contribution in [0.2, 0.25) is 0 Å². The van der Waals surface area contributed by atoms with Gasteiger partial charge in [-0.15, -0.1) is 11.3 Å². The smallest absolute Gasteiger partial charge is 0.258 e. The van der Waals surface area contributed by atoms with Crippen molar-refractivity contribution in [1.82, 2.24) is 9.38 Å². The maximum absolute atomic E-state index is 11.7. The van der Waals surface area contributed by atoms with Crippen LogP contribution in [0.3, 0.4) is 0 Å². The van der Waals surface area contributed by atoms with Gasteiger partial charge in [-0.25, -0.2) is 4.98 Å². The largest absolute Gasteiger partial charge is 0.396 e. The molecule has 0 aliphatic carbocycles. The molecule has 2 rings (SSSR count). The number of aromatic nitrogens is 2. The summed E-state index contributed by atoms with van der Waals surface area (Å²) in [5.41, 5.74) is 1.58. The molecule has 0 saturated heterocycles. The minimum absolute atomic E-state index is 0.0459. The Morgan fingerprint density at radius 2 is 2.27 bits per heavy atom. The van der Waals surface area contributed by atoms with Crippen LogP contribution in [0, 0.1) is 13.8 Å². The van der Waals surface area contributed by atoms with Crippen molar-refractivity contribution in [2.45, 2.75) is 20.3 Å². The Labute approximate surface area is 90.8 Å². The van der Waals surface area contributed by atoms with E-state index in [4.69, 9.17) is 5.11 Å². The summed E-state index contributed by atoms with van der Waals surface area (Å²) in [5, 5.41) is 8.89. The van der Waals surface area contributed by atoms with Crippen LogP contribution in [-0.4, -0.2) is 21.1 Å². The Hall–Kier alpha value is -1.20. The van der Waals surface area contributed by atoms with E-state index < -0.39 is 0 Å². The molecule has 0 aliphatic heterocycles. The van der Waals surface area contributed by atoms with E-state index in [0.29, 0.717) is 11.4 Å². The third kappa shape index (κ3) is 1.68. The fourth-order valence-corrected chi connectivity index (χ4v) is 2.75. The highest BCUT2D eigenvalue weighted by molar-refractivity contribution is 7.17. The molecule has 0 spiro atoms. The van der Waals surface area contributed by atoms with Crippen molar-refractivity contribution in [2.24, 2.45) is 0 Å². The van der Waals surface area contributed by atoms with Crippen LogP contribution in [-0.2, 0) is 6.42 Å².